The molecule has 274 valence electrons. The molecule has 2 aliphatic heterocycles. The van der Waals surface area contributed by atoms with E-state index in [1.165, 1.54) is 0 Å². The number of aromatic nitrogens is 8. The average molecular weight is 739 g/mol. The van der Waals surface area contributed by atoms with Crippen LogP contribution in [0.4, 0.5) is 0 Å². The number of aromatic amines is 2. The van der Waals surface area contributed by atoms with Crippen LogP contribution in [0.1, 0.15) is 0 Å². The fourth-order valence-corrected chi connectivity index (χ4v) is 6.69. The van der Waals surface area contributed by atoms with Crippen LogP contribution in [-0.2, 0) is 0 Å². The van der Waals surface area contributed by atoms with E-state index in [4.69, 9.17) is 48.9 Å². The van der Waals surface area contributed by atoms with Crippen molar-refractivity contribution in [2.45, 2.75) is 0 Å². The van der Waals surface area contributed by atoms with Gasteiger partial charge in [-0.2, -0.15) is 0 Å². The largest absolute Gasteiger partial charge is 0.490 e. The van der Waals surface area contributed by atoms with E-state index in [-0.39, 0.29) is 0 Å². The highest BCUT2D eigenvalue weighted by Crippen LogP contribution is 2.40. The minimum Gasteiger partial charge on any atom is -0.490 e. The molecule has 0 amide bonds. The molecule has 2 aliphatic rings. The number of ether oxygens (including phenoxy) is 4. The van der Waals surface area contributed by atoms with Crippen LogP contribution in [0.2, 0.25) is 0 Å². The van der Waals surface area contributed by atoms with Gasteiger partial charge in [-0.15, -0.1) is 0 Å². The summed E-state index contributed by atoms with van der Waals surface area (Å²) >= 11 is 0. The summed E-state index contributed by atoms with van der Waals surface area (Å²) in [6, 6.07) is 23.0. The van der Waals surface area contributed by atoms with Crippen LogP contribution >= 0.6 is 0 Å². The van der Waals surface area contributed by atoms with Gasteiger partial charge in [-0.3, -0.25) is 0 Å². The van der Waals surface area contributed by atoms with E-state index >= 15 is 0 Å². The number of benzene rings is 4. The lowest BCUT2D eigenvalue weighted by Crippen LogP contribution is -1.93. The SMILES string of the molecule is C=CCOc1ccc2c(c1)-c1nc-2nc2[nH]c(nc3nc(nc4[nH]c(n1)c1ccc(OCC=C)cc41)-c1ccc(OCC=C)cc1-3)c1ccc(OCC=C)cc21. The molecule has 0 unspecified atom stereocenters. The van der Waals surface area contributed by atoms with Crippen molar-refractivity contribution in [3.63, 3.8) is 0 Å². The van der Waals surface area contributed by atoms with E-state index < -0.39 is 0 Å². The molecule has 9 rings (SSSR count). The van der Waals surface area contributed by atoms with Gasteiger partial charge >= 0.3 is 0 Å². The minimum absolute atomic E-state index is 0.345. The second-order valence-corrected chi connectivity index (χ2v) is 12.8. The Labute approximate surface area is 320 Å². The quantitative estimate of drug-likeness (QED) is 0.116. The van der Waals surface area contributed by atoms with E-state index in [1.54, 1.807) is 24.3 Å². The number of rotatable bonds is 12. The van der Waals surface area contributed by atoms with Crippen molar-refractivity contribution in [2.24, 2.45) is 0 Å². The summed E-state index contributed by atoms with van der Waals surface area (Å²) in [5.74, 6) is 4.40. The van der Waals surface area contributed by atoms with E-state index in [0.29, 0.717) is 95.3 Å². The van der Waals surface area contributed by atoms with Gasteiger partial charge in [0.05, 0.1) is 0 Å². The number of nitrogens with zero attached hydrogens (tertiary/aromatic N) is 6. The van der Waals surface area contributed by atoms with Crippen LogP contribution in [0.5, 0.6) is 23.0 Å². The van der Waals surface area contributed by atoms with Crippen LogP contribution in [0.15, 0.2) is 123 Å². The zero-order chi connectivity index (χ0) is 38.2. The molecule has 0 radical (unpaired) electrons. The molecule has 56 heavy (non-hydrogen) atoms. The van der Waals surface area contributed by atoms with Crippen molar-refractivity contribution in [2.75, 3.05) is 26.4 Å². The standard InChI is InChI=1S/C44H34N8O4/c1-5-17-53-25-9-13-29-33(21-25)41-45-37(29)50-42-35-23-27(55-19-7-3)11-15-31(35)39(47-42)52-44-36-24-28(56-20-8-4)12-16-32(36)40(48-44)51-43-34-22-26(54-18-6-2)10-14-30(34)38(46-43)49-41/h5-16,21-24H,1-4,17-20H2,(H2,45,46,47,48,49,50,51,52). The molecule has 0 saturated heterocycles. The lowest BCUT2D eigenvalue weighted by atomic mass is 10.1. The lowest BCUT2D eigenvalue weighted by Gasteiger charge is -2.05. The third-order valence-corrected chi connectivity index (χ3v) is 9.19. The van der Waals surface area contributed by atoms with Crippen molar-refractivity contribution in [3.05, 3.63) is 123 Å². The van der Waals surface area contributed by atoms with Crippen molar-refractivity contribution in [1.29, 1.82) is 0 Å². The van der Waals surface area contributed by atoms with Gasteiger partial charge in [0.2, 0.25) is 0 Å². The van der Waals surface area contributed by atoms with Gasteiger partial charge in [0.1, 0.15) is 72.0 Å². The third-order valence-electron chi connectivity index (χ3n) is 9.19. The normalized spacial score (nSPS) is 11.4. The first kappa shape index (κ1) is 34.2. The van der Waals surface area contributed by atoms with Gasteiger partial charge < -0.3 is 28.9 Å². The van der Waals surface area contributed by atoms with Gasteiger partial charge in [0.25, 0.3) is 0 Å². The Hall–Kier alpha value is -7.60. The first-order chi connectivity index (χ1) is 27.5. The molecule has 0 aliphatic carbocycles. The maximum atomic E-state index is 5.93. The summed E-state index contributed by atoms with van der Waals surface area (Å²) in [6.45, 7) is 16.6. The predicted octanol–water partition coefficient (Wildman–Crippen LogP) is 9.13. The second kappa shape index (κ2) is 14.3. The molecule has 5 heterocycles. The molecule has 0 atom stereocenters. The van der Waals surface area contributed by atoms with E-state index in [2.05, 4.69) is 36.3 Å². The zero-order valence-electron chi connectivity index (χ0n) is 30.2. The van der Waals surface area contributed by atoms with E-state index in [1.807, 2.05) is 72.8 Å². The van der Waals surface area contributed by atoms with E-state index in [9.17, 15) is 0 Å². The first-order valence-electron chi connectivity index (χ1n) is 17.9. The highest BCUT2D eigenvalue weighted by Gasteiger charge is 2.24. The smallest absolute Gasteiger partial charge is 0.164 e. The number of hydrogen-bond acceptors (Lipinski definition) is 10. The van der Waals surface area contributed by atoms with Gasteiger partial charge in [0, 0.05) is 43.8 Å². The predicted molar refractivity (Wildman–Crippen MR) is 219 cm³/mol. The number of H-pyrrole nitrogens is 2. The molecule has 3 aromatic heterocycles. The highest BCUT2D eigenvalue weighted by molar-refractivity contribution is 6.07. The maximum absolute atomic E-state index is 5.93. The number of fused-ring (bicyclic) bond motifs is 20. The Morgan fingerprint density at radius 1 is 0.375 bits per heavy atom. The maximum Gasteiger partial charge on any atom is 0.164 e. The van der Waals surface area contributed by atoms with Crippen molar-refractivity contribution >= 4 is 44.1 Å². The molecule has 2 N–H and O–H groups in total. The fourth-order valence-electron chi connectivity index (χ4n) is 6.69. The molecule has 7 aromatic rings. The Morgan fingerprint density at radius 2 is 0.696 bits per heavy atom. The summed E-state index contributed by atoms with van der Waals surface area (Å²) in [7, 11) is 0. The fraction of sp³-hybridized carbons (Fsp3) is 0.0909. The monoisotopic (exact) mass is 738 g/mol. The van der Waals surface area contributed by atoms with Crippen LogP contribution in [0.25, 0.3) is 89.7 Å². The Morgan fingerprint density at radius 3 is 1.07 bits per heavy atom. The summed E-state index contributed by atoms with van der Waals surface area (Å²) in [6.07, 6.45) is 6.80. The van der Waals surface area contributed by atoms with Gasteiger partial charge in [-0.1, -0.05) is 50.6 Å². The van der Waals surface area contributed by atoms with Crippen molar-refractivity contribution in [1.82, 2.24) is 39.9 Å². The number of hydrogen-bond donors (Lipinski definition) is 2. The third kappa shape index (κ3) is 6.18. The first-order valence-corrected chi connectivity index (χ1v) is 17.9. The molecule has 0 spiro atoms. The zero-order valence-corrected chi connectivity index (χ0v) is 30.2. The second-order valence-electron chi connectivity index (χ2n) is 12.8. The van der Waals surface area contributed by atoms with Crippen LogP contribution < -0.4 is 18.9 Å². The molecule has 12 heteroatoms. The minimum atomic E-state index is 0.345. The Kier molecular flexibility index (Phi) is 8.75. The van der Waals surface area contributed by atoms with Crippen LogP contribution in [0.3, 0.4) is 0 Å². The molecule has 4 aromatic carbocycles. The van der Waals surface area contributed by atoms with Crippen LogP contribution in [0, 0.1) is 0 Å². The molecule has 0 saturated carbocycles. The van der Waals surface area contributed by atoms with Gasteiger partial charge in [0.15, 0.2) is 23.3 Å². The van der Waals surface area contributed by atoms with Crippen molar-refractivity contribution in [3.8, 4) is 68.5 Å². The molecule has 12 nitrogen and oxygen atoms in total. The molecule has 8 bridgehead atoms. The Balaban J connectivity index is 1.40. The van der Waals surface area contributed by atoms with Crippen LogP contribution in [-0.4, -0.2) is 66.3 Å². The Bertz CT molecular complexity index is 2730. The van der Waals surface area contributed by atoms with E-state index in [0.717, 1.165) is 43.8 Å². The van der Waals surface area contributed by atoms with Crippen molar-refractivity contribution < 1.29 is 18.9 Å². The summed E-state index contributed by atoms with van der Waals surface area (Å²) in [5, 5.41) is 3.17. The summed E-state index contributed by atoms with van der Waals surface area (Å²) in [4.78, 5) is 37.5. The van der Waals surface area contributed by atoms with Gasteiger partial charge in [-0.05, 0) is 72.8 Å². The highest BCUT2D eigenvalue weighted by atomic mass is 16.5. The molecule has 0 fully saturated rings. The topological polar surface area (TPSA) is 146 Å². The number of nitrogens with one attached hydrogen (secondary N) is 2. The molecular formula is C44H34N8O4. The lowest BCUT2D eigenvalue weighted by molar-refractivity contribution is 0.363. The summed E-state index contributed by atoms with van der Waals surface area (Å²) in [5.41, 5.74) is 5.20. The average Bonchev–Trinajstić information content (AvgIpc) is 3.95. The molecular weight excluding hydrogens is 705 g/mol. The van der Waals surface area contributed by atoms with Gasteiger partial charge in [-0.25, -0.2) is 29.9 Å². The summed E-state index contributed by atoms with van der Waals surface area (Å²) < 4.78 is 23.7.